The van der Waals surface area contributed by atoms with Crippen LogP contribution in [0.5, 0.6) is 0 Å². The number of carbonyl (C=O) groups excluding carboxylic acids is 4. The number of hydrogen-bond acceptors (Lipinski definition) is 5. The normalized spacial score (nSPS) is 26.7. The number of carbonyl (C=O) groups is 4. The molecule has 1 N–H and O–H groups in total. The van der Waals surface area contributed by atoms with Crippen molar-refractivity contribution in [3.8, 4) is 0 Å². The minimum absolute atomic E-state index is 0.00883. The van der Waals surface area contributed by atoms with E-state index in [-0.39, 0.29) is 42.1 Å². The third-order valence-corrected chi connectivity index (χ3v) is 10.7. The first-order chi connectivity index (χ1) is 21.1. The Morgan fingerprint density at radius 2 is 1.75 bits per heavy atom. The molecule has 4 fully saturated rings. The smallest absolute Gasteiger partial charge is 0.255 e. The van der Waals surface area contributed by atoms with Gasteiger partial charge in [-0.3, -0.25) is 29.4 Å². The summed E-state index contributed by atoms with van der Waals surface area (Å²) >= 11 is 6.21. The molecule has 6 aliphatic rings. The molecule has 5 aliphatic heterocycles. The standard InChI is InChI=1S/C35H39ClN4O4/c1-35(2)14-13-23(29(16-35)21-3-6-25(36)7-4-21)17-38-19-27-9-8-26(38)20-39(27)33(43)22-5-10-28-24(15-22)18-40(34(28)44)30-11-12-31(41)37-32(30)42/h3-7,10,15,26-27,30H,8-9,11-14,16-20H2,1-2H3,(H,37,41,42). The summed E-state index contributed by atoms with van der Waals surface area (Å²) in [6, 6.07) is 13.4. The summed E-state index contributed by atoms with van der Waals surface area (Å²) in [6.45, 7) is 7.49. The zero-order valence-corrected chi connectivity index (χ0v) is 26.2. The van der Waals surface area contributed by atoms with E-state index in [1.54, 1.807) is 12.1 Å². The number of hydrogen-bond donors (Lipinski definition) is 1. The lowest BCUT2D eigenvalue weighted by atomic mass is 9.72. The molecule has 5 heterocycles. The summed E-state index contributed by atoms with van der Waals surface area (Å²) in [5.41, 5.74) is 6.37. The number of nitrogens with one attached hydrogen (secondary N) is 1. The number of rotatable bonds is 5. The van der Waals surface area contributed by atoms with Crippen molar-refractivity contribution in [3.63, 3.8) is 0 Å². The predicted octanol–water partition coefficient (Wildman–Crippen LogP) is 5.05. The van der Waals surface area contributed by atoms with Crippen molar-refractivity contribution in [2.24, 2.45) is 5.41 Å². The maximum Gasteiger partial charge on any atom is 0.255 e. The monoisotopic (exact) mass is 614 g/mol. The number of imide groups is 1. The molecule has 3 atom stereocenters. The highest BCUT2D eigenvalue weighted by Crippen LogP contribution is 2.44. The number of piperidine rings is 3. The zero-order chi connectivity index (χ0) is 30.7. The van der Waals surface area contributed by atoms with Crippen LogP contribution in [-0.4, -0.2) is 76.1 Å². The van der Waals surface area contributed by atoms with Crippen LogP contribution in [-0.2, 0) is 16.1 Å². The third kappa shape index (κ3) is 5.36. The Bertz CT molecular complexity index is 1580. The van der Waals surface area contributed by atoms with E-state index in [1.807, 2.05) is 23.1 Å². The van der Waals surface area contributed by atoms with E-state index in [9.17, 15) is 19.2 Å². The van der Waals surface area contributed by atoms with E-state index in [1.165, 1.54) is 28.0 Å². The molecule has 2 aromatic carbocycles. The summed E-state index contributed by atoms with van der Waals surface area (Å²) in [4.78, 5) is 57.2. The van der Waals surface area contributed by atoms with Crippen molar-refractivity contribution in [3.05, 3.63) is 75.3 Å². The van der Waals surface area contributed by atoms with Gasteiger partial charge in [-0.15, -0.1) is 0 Å². The van der Waals surface area contributed by atoms with E-state index in [2.05, 4.69) is 36.2 Å². The molecule has 230 valence electrons. The zero-order valence-electron chi connectivity index (χ0n) is 25.4. The Morgan fingerprint density at radius 1 is 0.977 bits per heavy atom. The second kappa shape index (κ2) is 11.1. The molecule has 0 spiro atoms. The average molecular weight is 615 g/mol. The fourth-order valence-corrected chi connectivity index (χ4v) is 8.07. The molecule has 0 saturated carbocycles. The number of nitrogens with zero attached hydrogens (tertiary/aromatic N) is 3. The largest absolute Gasteiger partial charge is 0.333 e. The van der Waals surface area contributed by atoms with Crippen LogP contribution < -0.4 is 5.32 Å². The molecule has 9 heteroatoms. The Kier molecular flexibility index (Phi) is 7.40. The van der Waals surface area contributed by atoms with Gasteiger partial charge in [-0.1, -0.05) is 43.2 Å². The van der Waals surface area contributed by atoms with Gasteiger partial charge in [0, 0.05) is 60.8 Å². The third-order valence-electron chi connectivity index (χ3n) is 10.4. The second-order valence-electron chi connectivity index (χ2n) is 14.0. The Labute approximate surface area is 263 Å². The molecule has 3 unspecified atom stereocenters. The van der Waals surface area contributed by atoms with Gasteiger partial charge in [0.1, 0.15) is 6.04 Å². The summed E-state index contributed by atoms with van der Waals surface area (Å²) in [5, 5.41) is 3.10. The van der Waals surface area contributed by atoms with Crippen LogP contribution in [0.4, 0.5) is 0 Å². The summed E-state index contributed by atoms with van der Waals surface area (Å²) in [6.07, 6.45) is 5.93. The van der Waals surface area contributed by atoms with Gasteiger partial charge < -0.3 is 9.80 Å². The second-order valence-corrected chi connectivity index (χ2v) is 14.4. The van der Waals surface area contributed by atoms with Crippen molar-refractivity contribution in [1.29, 1.82) is 0 Å². The number of fused-ring (bicyclic) bond motifs is 4. The fourth-order valence-electron chi connectivity index (χ4n) is 7.94. The van der Waals surface area contributed by atoms with Crippen LogP contribution >= 0.6 is 11.6 Å². The summed E-state index contributed by atoms with van der Waals surface area (Å²) in [7, 11) is 0. The van der Waals surface area contributed by atoms with Crippen molar-refractivity contribution in [2.45, 2.75) is 83.5 Å². The highest BCUT2D eigenvalue weighted by Gasteiger charge is 2.43. The molecule has 8 rings (SSSR count). The molecule has 0 aromatic heterocycles. The Balaban J connectivity index is 1.05. The molecule has 2 aromatic rings. The van der Waals surface area contributed by atoms with Crippen molar-refractivity contribution in [1.82, 2.24) is 20.0 Å². The lowest BCUT2D eigenvalue weighted by Gasteiger charge is -2.52. The van der Waals surface area contributed by atoms with Gasteiger partial charge in [0.2, 0.25) is 11.8 Å². The maximum atomic E-state index is 13.9. The molecule has 1 aliphatic carbocycles. The average Bonchev–Trinajstić information content (AvgIpc) is 3.33. The van der Waals surface area contributed by atoms with Crippen LogP contribution in [0.25, 0.3) is 5.57 Å². The molecule has 4 saturated heterocycles. The van der Waals surface area contributed by atoms with Crippen molar-refractivity contribution in [2.75, 3.05) is 19.6 Å². The quantitative estimate of drug-likeness (QED) is 0.476. The number of amides is 4. The van der Waals surface area contributed by atoms with E-state index in [4.69, 9.17) is 11.6 Å². The molecule has 44 heavy (non-hydrogen) atoms. The lowest BCUT2D eigenvalue weighted by Crippen LogP contribution is -2.64. The van der Waals surface area contributed by atoms with E-state index < -0.39 is 11.9 Å². The van der Waals surface area contributed by atoms with Crippen LogP contribution in [0.2, 0.25) is 5.02 Å². The summed E-state index contributed by atoms with van der Waals surface area (Å²) < 4.78 is 0. The summed E-state index contributed by atoms with van der Waals surface area (Å²) in [5.74, 6) is -0.950. The van der Waals surface area contributed by atoms with E-state index >= 15 is 0 Å². The SMILES string of the molecule is CC1(C)CCC(CN2CC3CCC2CN3C(=O)c2ccc3c(c2)CN(C2CCC(=O)NC2=O)C3=O)=C(c2ccc(Cl)cc2)C1. The van der Waals surface area contributed by atoms with Gasteiger partial charge in [0.25, 0.3) is 11.8 Å². The van der Waals surface area contributed by atoms with Gasteiger partial charge in [0.15, 0.2) is 0 Å². The van der Waals surface area contributed by atoms with E-state index in [0.29, 0.717) is 30.1 Å². The van der Waals surface area contributed by atoms with Gasteiger partial charge in [0.05, 0.1) is 0 Å². The van der Waals surface area contributed by atoms with Crippen LogP contribution in [0.1, 0.15) is 90.6 Å². The van der Waals surface area contributed by atoms with Gasteiger partial charge in [-0.25, -0.2) is 0 Å². The molecule has 2 bridgehead atoms. The molecule has 0 radical (unpaired) electrons. The topological polar surface area (TPSA) is 90.0 Å². The predicted molar refractivity (Wildman–Crippen MR) is 168 cm³/mol. The maximum absolute atomic E-state index is 13.9. The minimum atomic E-state index is -0.666. The highest BCUT2D eigenvalue weighted by atomic mass is 35.5. The molecular formula is C35H39ClN4O4. The number of halogens is 1. The van der Waals surface area contributed by atoms with Crippen molar-refractivity contribution < 1.29 is 19.2 Å². The van der Waals surface area contributed by atoms with Gasteiger partial charge >= 0.3 is 0 Å². The van der Waals surface area contributed by atoms with Crippen molar-refractivity contribution >= 4 is 40.8 Å². The Hall–Kier alpha value is -3.49. The highest BCUT2D eigenvalue weighted by molar-refractivity contribution is 6.30. The number of piperazine rings is 1. The number of benzene rings is 2. The van der Waals surface area contributed by atoms with E-state index in [0.717, 1.165) is 49.4 Å². The van der Waals surface area contributed by atoms with Crippen LogP contribution in [0.15, 0.2) is 48.0 Å². The first-order valence-electron chi connectivity index (χ1n) is 15.9. The Morgan fingerprint density at radius 3 is 2.48 bits per heavy atom. The van der Waals surface area contributed by atoms with Gasteiger partial charge in [-0.2, -0.15) is 0 Å². The molecule has 8 nitrogen and oxygen atoms in total. The fraction of sp³-hybridized carbons (Fsp3) is 0.486. The number of allylic oxidation sites excluding steroid dienone is 1. The first kappa shape index (κ1) is 29.2. The lowest BCUT2D eigenvalue weighted by molar-refractivity contribution is -0.136. The molecular weight excluding hydrogens is 576 g/mol. The van der Waals surface area contributed by atoms with Crippen LogP contribution in [0, 0.1) is 5.41 Å². The molecule has 4 amide bonds. The van der Waals surface area contributed by atoms with Crippen LogP contribution in [0.3, 0.4) is 0 Å². The minimum Gasteiger partial charge on any atom is -0.333 e. The first-order valence-corrected chi connectivity index (χ1v) is 16.2. The van der Waals surface area contributed by atoms with Gasteiger partial charge in [-0.05, 0) is 91.0 Å².